The Morgan fingerprint density at radius 2 is 1.69 bits per heavy atom. The second-order valence-corrected chi connectivity index (χ2v) is 4.70. The Hall–Kier alpha value is -0.120. The summed E-state index contributed by atoms with van der Waals surface area (Å²) in [5.41, 5.74) is 0. The highest BCUT2D eigenvalue weighted by molar-refractivity contribution is 4.90. The van der Waals surface area contributed by atoms with Crippen molar-refractivity contribution in [2.45, 2.75) is 19.0 Å². The van der Waals surface area contributed by atoms with Crippen molar-refractivity contribution in [3.05, 3.63) is 0 Å². The Kier molecular flexibility index (Phi) is 2.58. The largest absolute Gasteiger partial charge is 0.303 e. The molecule has 0 aromatic rings. The van der Waals surface area contributed by atoms with Crippen molar-refractivity contribution < 1.29 is 0 Å². The maximum absolute atomic E-state index is 2.66. The minimum Gasteiger partial charge on any atom is -0.303 e. The molecular formula is C10H21N3. The maximum Gasteiger partial charge on any atom is 0.0351 e. The molecule has 2 rings (SSSR count). The van der Waals surface area contributed by atoms with Crippen molar-refractivity contribution in [3.63, 3.8) is 0 Å². The van der Waals surface area contributed by atoms with E-state index in [4.69, 9.17) is 0 Å². The van der Waals surface area contributed by atoms with E-state index >= 15 is 0 Å². The smallest absolute Gasteiger partial charge is 0.0351 e. The second kappa shape index (κ2) is 3.56. The molecule has 0 amide bonds. The fraction of sp³-hybridized carbons (Fsp3) is 1.00. The predicted octanol–water partition coefficient (Wildman–Crippen LogP) is -0.0637. The first-order valence-electron chi connectivity index (χ1n) is 5.29. The summed E-state index contributed by atoms with van der Waals surface area (Å²) in [6.07, 6.45) is 0. The van der Waals surface area contributed by atoms with E-state index in [1.807, 2.05) is 0 Å². The SMILES string of the molecule is C[C@@H]1CN(C2CN(C)C2)CCN1C. The highest BCUT2D eigenvalue weighted by atomic mass is 15.3. The van der Waals surface area contributed by atoms with Crippen LogP contribution in [0.5, 0.6) is 0 Å². The van der Waals surface area contributed by atoms with Crippen LogP contribution < -0.4 is 0 Å². The third-order valence-corrected chi connectivity index (χ3v) is 3.55. The molecule has 0 spiro atoms. The Morgan fingerprint density at radius 3 is 2.23 bits per heavy atom. The number of hydrogen-bond acceptors (Lipinski definition) is 3. The molecule has 0 unspecified atom stereocenters. The lowest BCUT2D eigenvalue weighted by molar-refractivity contribution is 0.00480. The van der Waals surface area contributed by atoms with Gasteiger partial charge in [-0.2, -0.15) is 0 Å². The fourth-order valence-electron chi connectivity index (χ4n) is 2.31. The Morgan fingerprint density at radius 1 is 1.00 bits per heavy atom. The number of likely N-dealkylation sites (N-methyl/N-ethyl adjacent to an activating group) is 2. The van der Waals surface area contributed by atoms with E-state index in [1.165, 1.54) is 32.7 Å². The van der Waals surface area contributed by atoms with E-state index in [0.717, 1.165) is 12.1 Å². The third kappa shape index (κ3) is 1.87. The molecule has 13 heavy (non-hydrogen) atoms. The normalized spacial score (nSPS) is 34.8. The van der Waals surface area contributed by atoms with Gasteiger partial charge in [0, 0.05) is 44.8 Å². The second-order valence-electron chi connectivity index (χ2n) is 4.70. The van der Waals surface area contributed by atoms with E-state index in [0.29, 0.717) is 0 Å². The summed E-state index contributed by atoms with van der Waals surface area (Å²) in [7, 11) is 4.44. The molecule has 2 saturated heterocycles. The summed E-state index contributed by atoms with van der Waals surface area (Å²) < 4.78 is 0. The number of hydrogen-bond donors (Lipinski definition) is 0. The van der Waals surface area contributed by atoms with Crippen LogP contribution in [-0.2, 0) is 0 Å². The quantitative estimate of drug-likeness (QED) is 0.564. The van der Waals surface area contributed by atoms with Gasteiger partial charge in [-0.1, -0.05) is 0 Å². The lowest BCUT2D eigenvalue weighted by Gasteiger charge is -2.48. The van der Waals surface area contributed by atoms with Crippen LogP contribution in [-0.4, -0.2) is 73.6 Å². The van der Waals surface area contributed by atoms with E-state index < -0.39 is 0 Å². The lowest BCUT2D eigenvalue weighted by Crippen LogP contribution is -2.63. The molecule has 1 atom stereocenters. The lowest BCUT2D eigenvalue weighted by atomic mass is 10.1. The van der Waals surface area contributed by atoms with E-state index in [2.05, 4.69) is 35.7 Å². The van der Waals surface area contributed by atoms with Gasteiger partial charge in [0.15, 0.2) is 0 Å². The minimum atomic E-state index is 0.736. The topological polar surface area (TPSA) is 9.72 Å². The number of nitrogens with zero attached hydrogens (tertiary/aromatic N) is 3. The predicted molar refractivity (Wildman–Crippen MR) is 55.0 cm³/mol. The van der Waals surface area contributed by atoms with Crippen molar-refractivity contribution in [2.75, 3.05) is 46.8 Å². The Balaban J connectivity index is 1.82. The van der Waals surface area contributed by atoms with Crippen molar-refractivity contribution in [1.82, 2.24) is 14.7 Å². The molecule has 0 saturated carbocycles. The van der Waals surface area contributed by atoms with Crippen molar-refractivity contribution >= 4 is 0 Å². The zero-order valence-corrected chi connectivity index (χ0v) is 9.03. The number of piperazine rings is 1. The van der Waals surface area contributed by atoms with Crippen LogP contribution in [0.15, 0.2) is 0 Å². The maximum atomic E-state index is 2.66. The number of rotatable bonds is 1. The molecule has 3 nitrogen and oxygen atoms in total. The van der Waals surface area contributed by atoms with Crippen LogP contribution in [0.1, 0.15) is 6.92 Å². The first kappa shape index (κ1) is 9.44. The van der Waals surface area contributed by atoms with Crippen LogP contribution in [0.25, 0.3) is 0 Å². The summed E-state index contributed by atoms with van der Waals surface area (Å²) in [4.78, 5) is 7.51. The fourth-order valence-corrected chi connectivity index (χ4v) is 2.31. The highest BCUT2D eigenvalue weighted by Gasteiger charge is 2.32. The van der Waals surface area contributed by atoms with Crippen molar-refractivity contribution in [2.24, 2.45) is 0 Å². The van der Waals surface area contributed by atoms with E-state index in [9.17, 15) is 0 Å². The van der Waals surface area contributed by atoms with E-state index in [1.54, 1.807) is 0 Å². The zero-order chi connectivity index (χ0) is 9.42. The molecule has 2 aliphatic rings. The minimum absolute atomic E-state index is 0.736. The first-order valence-corrected chi connectivity index (χ1v) is 5.29. The monoisotopic (exact) mass is 183 g/mol. The first-order chi connectivity index (χ1) is 6.16. The molecule has 76 valence electrons. The molecule has 0 aliphatic carbocycles. The molecule has 2 heterocycles. The number of likely N-dealkylation sites (tertiary alicyclic amines) is 1. The summed E-state index contributed by atoms with van der Waals surface area (Å²) in [5.74, 6) is 0. The van der Waals surface area contributed by atoms with Gasteiger partial charge in [-0.25, -0.2) is 0 Å². The van der Waals surface area contributed by atoms with Gasteiger partial charge in [-0.3, -0.25) is 4.90 Å². The van der Waals surface area contributed by atoms with Crippen molar-refractivity contribution in [3.8, 4) is 0 Å². The average Bonchev–Trinajstić information content (AvgIpc) is 2.05. The van der Waals surface area contributed by atoms with Gasteiger partial charge in [0.2, 0.25) is 0 Å². The Labute approximate surface area is 81.3 Å². The highest BCUT2D eigenvalue weighted by Crippen LogP contribution is 2.16. The van der Waals surface area contributed by atoms with Gasteiger partial charge in [0.25, 0.3) is 0 Å². The summed E-state index contributed by atoms with van der Waals surface area (Å²) in [6, 6.07) is 1.58. The molecule has 0 radical (unpaired) electrons. The average molecular weight is 183 g/mol. The zero-order valence-electron chi connectivity index (χ0n) is 9.03. The van der Waals surface area contributed by atoms with Gasteiger partial charge >= 0.3 is 0 Å². The van der Waals surface area contributed by atoms with Gasteiger partial charge in [-0.15, -0.1) is 0 Å². The van der Waals surface area contributed by atoms with Crippen LogP contribution in [0, 0.1) is 0 Å². The molecule has 0 aromatic carbocycles. The molecule has 0 N–H and O–H groups in total. The summed E-state index contributed by atoms with van der Waals surface area (Å²) in [6.45, 7) is 8.64. The summed E-state index contributed by atoms with van der Waals surface area (Å²) >= 11 is 0. The molecule has 2 aliphatic heterocycles. The van der Waals surface area contributed by atoms with Gasteiger partial charge < -0.3 is 9.80 Å². The third-order valence-electron chi connectivity index (χ3n) is 3.55. The van der Waals surface area contributed by atoms with Crippen LogP contribution in [0.3, 0.4) is 0 Å². The standard InChI is InChI=1S/C10H21N3/c1-9-6-13(5-4-12(9)3)10-7-11(2)8-10/h9-10H,4-8H2,1-3H3/t9-/m1/s1. The van der Waals surface area contributed by atoms with Crippen LogP contribution in [0.2, 0.25) is 0 Å². The molecule has 0 aromatic heterocycles. The van der Waals surface area contributed by atoms with Gasteiger partial charge in [0.05, 0.1) is 0 Å². The molecule has 3 heteroatoms. The molecule has 2 fully saturated rings. The van der Waals surface area contributed by atoms with Crippen LogP contribution >= 0.6 is 0 Å². The van der Waals surface area contributed by atoms with Gasteiger partial charge in [-0.05, 0) is 21.0 Å². The Bertz CT molecular complexity index is 177. The molecule has 0 bridgehead atoms. The van der Waals surface area contributed by atoms with Crippen LogP contribution in [0.4, 0.5) is 0 Å². The molecular weight excluding hydrogens is 162 g/mol. The van der Waals surface area contributed by atoms with E-state index in [-0.39, 0.29) is 0 Å². The van der Waals surface area contributed by atoms with Crippen molar-refractivity contribution in [1.29, 1.82) is 0 Å². The van der Waals surface area contributed by atoms with Gasteiger partial charge in [0.1, 0.15) is 0 Å². The summed E-state index contributed by atoms with van der Waals surface area (Å²) in [5, 5.41) is 0.